The molecule has 2 unspecified atom stereocenters. The average Bonchev–Trinajstić information content (AvgIpc) is 2.39. The SMILES string of the molecule is O=C(O)NC1CCCC(NC(=O)OC2CCCCC2)C1. The number of hydrogen-bond donors (Lipinski definition) is 3. The third-order valence-corrected chi connectivity index (χ3v) is 4.15. The van der Waals surface area contributed by atoms with Gasteiger partial charge in [-0.1, -0.05) is 6.42 Å². The third-order valence-electron chi connectivity index (χ3n) is 4.15. The van der Waals surface area contributed by atoms with Crippen LogP contribution in [0.4, 0.5) is 9.59 Å². The highest BCUT2D eigenvalue weighted by molar-refractivity contribution is 5.68. The minimum Gasteiger partial charge on any atom is -0.465 e. The largest absolute Gasteiger partial charge is 0.465 e. The second-order valence-electron chi connectivity index (χ2n) is 5.82. The van der Waals surface area contributed by atoms with Crippen LogP contribution >= 0.6 is 0 Å². The zero-order valence-electron chi connectivity index (χ0n) is 11.8. The number of rotatable bonds is 3. The first-order chi connectivity index (χ1) is 9.63. The predicted molar refractivity (Wildman–Crippen MR) is 73.7 cm³/mol. The first-order valence-corrected chi connectivity index (χ1v) is 7.60. The summed E-state index contributed by atoms with van der Waals surface area (Å²) >= 11 is 0. The average molecular weight is 284 g/mol. The molecule has 114 valence electrons. The fourth-order valence-corrected chi connectivity index (χ4v) is 3.16. The molecule has 3 N–H and O–H groups in total. The lowest BCUT2D eigenvalue weighted by molar-refractivity contribution is 0.0710. The van der Waals surface area contributed by atoms with Crippen LogP contribution in [-0.4, -0.2) is 35.5 Å². The summed E-state index contributed by atoms with van der Waals surface area (Å²) in [5, 5.41) is 14.1. The topological polar surface area (TPSA) is 87.7 Å². The van der Waals surface area contributed by atoms with Gasteiger partial charge in [0.2, 0.25) is 0 Å². The van der Waals surface area contributed by atoms with Crippen molar-refractivity contribution in [2.45, 2.75) is 76.0 Å². The van der Waals surface area contributed by atoms with Gasteiger partial charge in [0.1, 0.15) is 6.10 Å². The quantitative estimate of drug-likeness (QED) is 0.743. The molecule has 2 rings (SSSR count). The number of nitrogens with one attached hydrogen (secondary N) is 2. The van der Waals surface area contributed by atoms with Crippen LogP contribution < -0.4 is 10.6 Å². The summed E-state index contributed by atoms with van der Waals surface area (Å²) in [4.78, 5) is 22.5. The molecular formula is C14H24N2O4. The lowest BCUT2D eigenvalue weighted by Crippen LogP contribution is -2.46. The molecule has 2 aliphatic carbocycles. The van der Waals surface area contributed by atoms with Crippen molar-refractivity contribution in [1.82, 2.24) is 10.6 Å². The molecule has 0 bridgehead atoms. The van der Waals surface area contributed by atoms with E-state index in [0.29, 0.717) is 6.42 Å². The lowest BCUT2D eigenvalue weighted by atomic mass is 9.91. The van der Waals surface area contributed by atoms with Crippen LogP contribution in [0.5, 0.6) is 0 Å². The van der Waals surface area contributed by atoms with Crippen LogP contribution in [0, 0.1) is 0 Å². The minimum absolute atomic E-state index is 0.0108. The summed E-state index contributed by atoms with van der Waals surface area (Å²) in [7, 11) is 0. The van der Waals surface area contributed by atoms with Crippen LogP contribution in [0.25, 0.3) is 0 Å². The maximum Gasteiger partial charge on any atom is 0.407 e. The van der Waals surface area contributed by atoms with E-state index in [4.69, 9.17) is 9.84 Å². The number of alkyl carbamates (subject to hydrolysis) is 1. The van der Waals surface area contributed by atoms with Gasteiger partial charge in [-0.3, -0.25) is 0 Å². The van der Waals surface area contributed by atoms with Crippen molar-refractivity contribution in [2.75, 3.05) is 0 Å². The fourth-order valence-electron chi connectivity index (χ4n) is 3.16. The number of carbonyl (C=O) groups excluding carboxylic acids is 1. The van der Waals surface area contributed by atoms with Gasteiger partial charge < -0.3 is 20.5 Å². The Labute approximate surface area is 119 Å². The fraction of sp³-hybridized carbons (Fsp3) is 0.857. The minimum atomic E-state index is -1.000. The van der Waals surface area contributed by atoms with Gasteiger partial charge in [-0.05, 0) is 51.4 Å². The Bertz CT molecular complexity index is 342. The highest BCUT2D eigenvalue weighted by Crippen LogP contribution is 2.21. The summed E-state index contributed by atoms with van der Waals surface area (Å²) in [6.45, 7) is 0. The van der Waals surface area contributed by atoms with Crippen LogP contribution in [0.1, 0.15) is 57.8 Å². The highest BCUT2D eigenvalue weighted by atomic mass is 16.6. The molecular weight excluding hydrogens is 260 g/mol. The highest BCUT2D eigenvalue weighted by Gasteiger charge is 2.26. The second-order valence-corrected chi connectivity index (χ2v) is 5.82. The van der Waals surface area contributed by atoms with Crippen molar-refractivity contribution in [1.29, 1.82) is 0 Å². The van der Waals surface area contributed by atoms with Crippen molar-refractivity contribution >= 4 is 12.2 Å². The van der Waals surface area contributed by atoms with Crippen LogP contribution in [-0.2, 0) is 4.74 Å². The van der Waals surface area contributed by atoms with E-state index in [2.05, 4.69) is 10.6 Å². The van der Waals surface area contributed by atoms with E-state index in [9.17, 15) is 9.59 Å². The number of amides is 2. The molecule has 6 nitrogen and oxygen atoms in total. The molecule has 0 saturated heterocycles. The zero-order valence-corrected chi connectivity index (χ0v) is 11.8. The normalized spacial score (nSPS) is 27.6. The number of carboxylic acid groups (broad SMARTS) is 1. The van der Waals surface area contributed by atoms with E-state index in [0.717, 1.165) is 44.9 Å². The molecule has 0 radical (unpaired) electrons. The maximum atomic E-state index is 11.8. The number of ether oxygens (including phenoxy) is 1. The third kappa shape index (κ3) is 4.90. The summed E-state index contributed by atoms with van der Waals surface area (Å²) in [6, 6.07) is -0.0575. The molecule has 0 spiro atoms. The Balaban J connectivity index is 1.71. The van der Waals surface area contributed by atoms with Crippen molar-refractivity contribution < 1.29 is 19.4 Å². The van der Waals surface area contributed by atoms with E-state index in [1.165, 1.54) is 6.42 Å². The van der Waals surface area contributed by atoms with Gasteiger partial charge in [0.05, 0.1) is 0 Å². The monoisotopic (exact) mass is 284 g/mol. The van der Waals surface area contributed by atoms with E-state index >= 15 is 0 Å². The Morgan fingerprint density at radius 2 is 1.55 bits per heavy atom. The summed E-state index contributed by atoms with van der Waals surface area (Å²) in [5.74, 6) is 0. The molecule has 20 heavy (non-hydrogen) atoms. The van der Waals surface area contributed by atoms with Gasteiger partial charge in [-0.25, -0.2) is 9.59 Å². The first kappa shape index (κ1) is 14.9. The molecule has 6 heteroatoms. The van der Waals surface area contributed by atoms with Gasteiger partial charge in [-0.2, -0.15) is 0 Å². The summed E-state index contributed by atoms with van der Waals surface area (Å²) in [6.07, 6.45) is 7.40. The second kappa shape index (κ2) is 7.36. The summed E-state index contributed by atoms with van der Waals surface area (Å²) < 4.78 is 5.42. The first-order valence-electron chi connectivity index (χ1n) is 7.60. The van der Waals surface area contributed by atoms with Crippen molar-refractivity contribution in [2.24, 2.45) is 0 Å². The number of carbonyl (C=O) groups is 2. The standard InChI is InChI=1S/C14H24N2O4/c17-13(18)15-10-5-4-6-11(9-10)16-14(19)20-12-7-2-1-3-8-12/h10-12,15H,1-9H2,(H,16,19)(H,17,18). The molecule has 0 heterocycles. The summed E-state index contributed by atoms with van der Waals surface area (Å²) in [5.41, 5.74) is 0. The molecule has 2 atom stereocenters. The van der Waals surface area contributed by atoms with Crippen molar-refractivity contribution in [3.8, 4) is 0 Å². The molecule has 0 aliphatic heterocycles. The van der Waals surface area contributed by atoms with E-state index < -0.39 is 6.09 Å². The Hall–Kier alpha value is -1.46. The van der Waals surface area contributed by atoms with Crippen LogP contribution in [0.2, 0.25) is 0 Å². The molecule has 2 saturated carbocycles. The Morgan fingerprint density at radius 1 is 0.900 bits per heavy atom. The molecule has 0 aromatic carbocycles. The van der Waals surface area contributed by atoms with E-state index in [-0.39, 0.29) is 24.3 Å². The molecule has 2 amide bonds. The van der Waals surface area contributed by atoms with Crippen LogP contribution in [0.15, 0.2) is 0 Å². The Morgan fingerprint density at radius 3 is 2.20 bits per heavy atom. The van der Waals surface area contributed by atoms with Gasteiger partial charge in [0, 0.05) is 12.1 Å². The predicted octanol–water partition coefficient (Wildman–Crippen LogP) is 2.62. The van der Waals surface area contributed by atoms with Gasteiger partial charge in [-0.15, -0.1) is 0 Å². The van der Waals surface area contributed by atoms with Crippen molar-refractivity contribution in [3.05, 3.63) is 0 Å². The zero-order chi connectivity index (χ0) is 14.4. The van der Waals surface area contributed by atoms with Crippen LogP contribution in [0.3, 0.4) is 0 Å². The lowest BCUT2D eigenvalue weighted by Gasteiger charge is -2.30. The smallest absolute Gasteiger partial charge is 0.407 e. The van der Waals surface area contributed by atoms with E-state index in [1.54, 1.807) is 0 Å². The molecule has 2 fully saturated rings. The Kier molecular flexibility index (Phi) is 5.49. The van der Waals surface area contributed by atoms with E-state index in [1.807, 2.05) is 0 Å². The maximum absolute atomic E-state index is 11.8. The van der Waals surface area contributed by atoms with Gasteiger partial charge in [0.25, 0.3) is 0 Å². The molecule has 0 aromatic rings. The van der Waals surface area contributed by atoms with Gasteiger partial charge in [0.15, 0.2) is 0 Å². The number of hydrogen-bond acceptors (Lipinski definition) is 3. The molecule has 2 aliphatic rings. The molecule has 0 aromatic heterocycles. The van der Waals surface area contributed by atoms with Gasteiger partial charge >= 0.3 is 12.2 Å². The van der Waals surface area contributed by atoms with Crippen molar-refractivity contribution in [3.63, 3.8) is 0 Å².